The Morgan fingerprint density at radius 3 is 0.549 bits per heavy atom. The van der Waals surface area contributed by atoms with E-state index < -0.39 is 0 Å². The van der Waals surface area contributed by atoms with Gasteiger partial charge in [-0.3, -0.25) is 19.2 Å². The number of hydrogen-bond acceptors (Lipinski definition) is 16. The number of aliphatic hydroxyl groups is 4. The topological polar surface area (TPSA) is 311 Å². The van der Waals surface area contributed by atoms with E-state index in [1.165, 1.54) is 72.8 Å². The minimum Gasteiger partial charge on any atom is -0.507 e. The van der Waals surface area contributed by atoms with Crippen LogP contribution >= 0.6 is 0 Å². The Bertz CT molecular complexity index is 3840. The summed E-state index contributed by atoms with van der Waals surface area (Å²) in [4.78, 5) is 48.7. The van der Waals surface area contributed by atoms with Gasteiger partial charge in [0.05, 0.1) is 22.3 Å². The summed E-state index contributed by atoms with van der Waals surface area (Å²) in [6.07, 6.45) is 12.7. The number of phenols is 8. The molecule has 0 saturated heterocycles. The summed E-state index contributed by atoms with van der Waals surface area (Å²) in [5, 5.41) is 121. The van der Waals surface area contributed by atoms with Crippen molar-refractivity contribution < 1.29 is 144 Å². The molecule has 91 heavy (non-hydrogen) atoms. The third-order valence-electron chi connectivity index (χ3n) is 14.4. The van der Waals surface area contributed by atoms with Crippen molar-refractivity contribution in [2.45, 2.75) is 25.7 Å². The predicted octanol–water partition coefficient (Wildman–Crippen LogP) is 14.2. The maximum atomic E-state index is 12.2. The number of Topliss-reactive ketones (excluding diaryl/α,β-unsaturated/α-hetero) is 4. The molecule has 4 aliphatic rings. The smallest absolute Gasteiger partial charge is 0.171 e. The molecule has 0 radical (unpaired) electrons. The molecule has 8 aromatic carbocycles. The molecule has 4 aliphatic carbocycles. The van der Waals surface area contributed by atoms with Crippen LogP contribution in [-0.2, 0) is 82.4 Å². The van der Waals surface area contributed by atoms with E-state index in [9.17, 15) is 80.5 Å². The van der Waals surface area contributed by atoms with Crippen LogP contribution in [0.4, 0.5) is 0 Å². The van der Waals surface area contributed by atoms with Crippen LogP contribution in [0.5, 0.6) is 46.0 Å². The van der Waals surface area contributed by atoms with Gasteiger partial charge in [-0.25, -0.2) is 0 Å². The molecule has 16 nitrogen and oxygen atoms in total. The molecule has 0 aliphatic heterocycles. The van der Waals surface area contributed by atoms with E-state index in [1.54, 1.807) is 146 Å². The zero-order chi connectivity index (χ0) is 62.8. The molecule has 0 bridgehead atoms. The van der Waals surface area contributed by atoms with E-state index in [-0.39, 0.29) is 226 Å². The molecule has 0 amide bonds. The maximum absolute atomic E-state index is 12.2. The standard InChI is InChI=1S/4C18H14O4.3W/c4*19-13-7-2-1-5-11(13)12-6-3-8-14(20)17(12)18-15(21)9-4-10-16(18)22;;;/h4*1-9,19-21H,10H2;;;. The summed E-state index contributed by atoms with van der Waals surface area (Å²) in [6, 6.07) is 45.7. The summed E-state index contributed by atoms with van der Waals surface area (Å²) in [6.45, 7) is 0. The third kappa shape index (κ3) is 15.4. The number of benzene rings is 8. The van der Waals surface area contributed by atoms with E-state index in [0.29, 0.717) is 44.5 Å². The Labute approximate surface area is 564 Å². The van der Waals surface area contributed by atoms with E-state index >= 15 is 0 Å². The van der Waals surface area contributed by atoms with E-state index in [4.69, 9.17) is 0 Å². The molecule has 0 heterocycles. The van der Waals surface area contributed by atoms with Gasteiger partial charge in [0, 0.05) is 133 Å². The molecule has 458 valence electrons. The van der Waals surface area contributed by atoms with Gasteiger partial charge in [0.15, 0.2) is 23.1 Å². The van der Waals surface area contributed by atoms with Crippen LogP contribution in [0, 0.1) is 0 Å². The van der Waals surface area contributed by atoms with Gasteiger partial charge in [-0.2, -0.15) is 0 Å². The fourth-order valence-corrected chi connectivity index (χ4v) is 10.4. The number of phenolic OH excluding ortho intramolecular Hbond substituents is 8. The van der Waals surface area contributed by atoms with Crippen molar-refractivity contribution in [3.05, 3.63) is 264 Å². The monoisotopic (exact) mass is 1730 g/mol. The van der Waals surface area contributed by atoms with Gasteiger partial charge in [-0.15, -0.1) is 0 Å². The molecule has 8 aromatic rings. The first-order valence-corrected chi connectivity index (χ1v) is 27.3. The number of hydrogen-bond donors (Lipinski definition) is 12. The predicted molar refractivity (Wildman–Crippen MR) is 334 cm³/mol. The minimum absolute atomic E-state index is 0. The van der Waals surface area contributed by atoms with Gasteiger partial charge in [0.25, 0.3) is 0 Å². The number of allylic oxidation sites excluding steroid dienone is 12. The third-order valence-corrected chi connectivity index (χ3v) is 14.4. The second kappa shape index (κ2) is 31.5. The number of aliphatic hydroxyl groups excluding tert-OH is 4. The number of para-hydroxylation sites is 4. The Balaban J connectivity index is 0.000000191. The number of aromatic hydroxyl groups is 8. The first-order valence-electron chi connectivity index (χ1n) is 27.3. The van der Waals surface area contributed by atoms with Crippen LogP contribution in [0.2, 0.25) is 0 Å². The van der Waals surface area contributed by atoms with Crippen LogP contribution in [0.3, 0.4) is 0 Å². The van der Waals surface area contributed by atoms with Gasteiger partial charge < -0.3 is 61.3 Å². The van der Waals surface area contributed by atoms with Crippen LogP contribution in [0.15, 0.2) is 242 Å². The normalized spacial score (nSPS) is 14.0. The molecule has 19 heteroatoms. The van der Waals surface area contributed by atoms with Gasteiger partial charge in [-0.05, 0) is 95.1 Å². The van der Waals surface area contributed by atoms with E-state index in [2.05, 4.69) is 0 Å². The Hall–Kier alpha value is -9.98. The second-order valence-corrected chi connectivity index (χ2v) is 20.0. The van der Waals surface area contributed by atoms with Crippen molar-refractivity contribution >= 4 is 45.4 Å². The van der Waals surface area contributed by atoms with Gasteiger partial charge in [0.2, 0.25) is 0 Å². The van der Waals surface area contributed by atoms with Crippen LogP contribution < -0.4 is 0 Å². The van der Waals surface area contributed by atoms with Crippen molar-refractivity contribution in [1.82, 2.24) is 0 Å². The van der Waals surface area contributed by atoms with E-state index in [0.717, 1.165) is 0 Å². The van der Waals surface area contributed by atoms with Gasteiger partial charge in [0.1, 0.15) is 69.0 Å². The summed E-state index contributed by atoms with van der Waals surface area (Å²) >= 11 is 0. The molecule has 0 aromatic heterocycles. The molecule has 12 N–H and O–H groups in total. The Kier molecular flexibility index (Phi) is 24.2. The first-order chi connectivity index (χ1) is 42.4. The molecule has 0 spiro atoms. The molecular formula is C72H56O16W3. The molecule has 0 unspecified atom stereocenters. The zero-order valence-corrected chi connectivity index (χ0v) is 56.6. The maximum Gasteiger partial charge on any atom is 0.171 e. The number of carbonyl (C=O) groups excluding carboxylic acids is 4. The second-order valence-electron chi connectivity index (χ2n) is 20.0. The molecule has 0 fully saturated rings. The quantitative estimate of drug-likeness (QED) is 0.0673. The van der Waals surface area contributed by atoms with Crippen molar-refractivity contribution in [2.24, 2.45) is 0 Å². The molecule has 0 atom stereocenters. The van der Waals surface area contributed by atoms with Gasteiger partial charge >= 0.3 is 0 Å². The fourth-order valence-electron chi connectivity index (χ4n) is 10.4. The number of rotatable bonds is 8. The summed E-state index contributed by atoms with van der Waals surface area (Å²) < 4.78 is 0. The molecule has 12 rings (SSSR count). The first kappa shape index (κ1) is 70.1. The summed E-state index contributed by atoms with van der Waals surface area (Å²) in [5.74, 6) is -2.20. The van der Waals surface area contributed by atoms with Gasteiger partial charge in [-0.1, -0.05) is 146 Å². The minimum atomic E-state index is -0.279. The number of ketones is 4. The summed E-state index contributed by atoms with van der Waals surface area (Å²) in [7, 11) is 0. The van der Waals surface area contributed by atoms with Crippen molar-refractivity contribution in [3.8, 4) is 90.5 Å². The molecular weight excluding hydrogens is 1670 g/mol. The summed E-state index contributed by atoms with van der Waals surface area (Å²) in [5.41, 5.74) is 5.09. The number of carbonyl (C=O) groups is 4. The average molecular weight is 1730 g/mol. The molecule has 0 saturated carbocycles. The fraction of sp³-hybridized carbons (Fsp3) is 0.0556. The SMILES string of the molecule is O=C1CC=CC(O)=C1c1c(O)cccc1-c1ccccc1O.O=C1CC=CC(O)=C1c1c(O)cccc1-c1ccccc1O.O=C1CC=CC(O)=C1c1c(O)cccc1-c1ccccc1O.O=C1CC=CC(O)=C1c1c(O)cccc1-c1ccccc1O.[W].[W].[W]. The van der Waals surface area contributed by atoms with Crippen molar-refractivity contribution in [1.29, 1.82) is 0 Å². The van der Waals surface area contributed by atoms with Crippen LogP contribution in [0.25, 0.3) is 66.8 Å². The van der Waals surface area contributed by atoms with Crippen molar-refractivity contribution in [3.63, 3.8) is 0 Å². The Morgan fingerprint density at radius 2 is 0.374 bits per heavy atom. The Morgan fingerprint density at radius 1 is 0.209 bits per heavy atom. The van der Waals surface area contributed by atoms with Crippen molar-refractivity contribution in [2.75, 3.05) is 0 Å². The van der Waals surface area contributed by atoms with Crippen LogP contribution in [0.1, 0.15) is 47.9 Å². The van der Waals surface area contributed by atoms with E-state index in [1.807, 2.05) is 0 Å². The zero-order valence-electron chi connectivity index (χ0n) is 47.8. The average Bonchev–Trinajstić information content (AvgIpc) is 1.28. The van der Waals surface area contributed by atoms with Crippen LogP contribution in [-0.4, -0.2) is 84.4 Å². The largest absolute Gasteiger partial charge is 0.507 e.